The molecule has 0 bridgehead atoms. The average molecular weight is 275 g/mol. The molecule has 2 aliphatic heterocycles. The van der Waals surface area contributed by atoms with Crippen molar-refractivity contribution in [3.05, 3.63) is 24.3 Å². The molecule has 0 aliphatic carbocycles. The van der Waals surface area contributed by atoms with Crippen LogP contribution < -0.4 is 5.32 Å². The quantitative estimate of drug-likeness (QED) is 0.808. The lowest BCUT2D eigenvalue weighted by Gasteiger charge is -2.37. The highest BCUT2D eigenvalue weighted by molar-refractivity contribution is 5.78. The molecule has 0 unspecified atom stereocenters. The number of piperazine rings is 1. The number of aromatic nitrogens is 2. The standard InChI is InChI=1S/C14H21N5O/c20-14(9-12-10-16-3-4-17-12)19-7-5-18(6-8-19)13-1-2-15-11-13/h3-4,10,13,15H,1-2,5-9,11H2/t13-/m1/s1. The molecule has 3 heterocycles. The first-order chi connectivity index (χ1) is 9.83. The summed E-state index contributed by atoms with van der Waals surface area (Å²) in [5.74, 6) is 0.162. The second-order valence-electron chi connectivity index (χ2n) is 5.44. The lowest BCUT2D eigenvalue weighted by atomic mass is 10.2. The Labute approximate surface area is 119 Å². The molecule has 1 amide bonds. The fourth-order valence-electron chi connectivity index (χ4n) is 2.98. The van der Waals surface area contributed by atoms with Gasteiger partial charge in [0.25, 0.3) is 0 Å². The van der Waals surface area contributed by atoms with Crippen LogP contribution in [0.5, 0.6) is 0 Å². The molecule has 6 nitrogen and oxygen atoms in total. The highest BCUT2D eigenvalue weighted by Crippen LogP contribution is 2.12. The zero-order valence-corrected chi connectivity index (χ0v) is 11.7. The molecule has 2 saturated heterocycles. The van der Waals surface area contributed by atoms with Gasteiger partial charge in [-0.2, -0.15) is 0 Å². The van der Waals surface area contributed by atoms with E-state index in [0.29, 0.717) is 12.5 Å². The van der Waals surface area contributed by atoms with Gasteiger partial charge in [-0.1, -0.05) is 0 Å². The minimum atomic E-state index is 0.162. The lowest BCUT2D eigenvalue weighted by Crippen LogP contribution is -2.52. The molecule has 6 heteroatoms. The molecule has 20 heavy (non-hydrogen) atoms. The van der Waals surface area contributed by atoms with Gasteiger partial charge in [0, 0.05) is 57.4 Å². The van der Waals surface area contributed by atoms with Gasteiger partial charge >= 0.3 is 0 Å². The summed E-state index contributed by atoms with van der Waals surface area (Å²) in [6, 6.07) is 0.659. The number of hydrogen-bond donors (Lipinski definition) is 1. The van der Waals surface area contributed by atoms with Gasteiger partial charge in [0.2, 0.25) is 5.91 Å². The summed E-state index contributed by atoms with van der Waals surface area (Å²) in [6.07, 6.45) is 6.51. The molecule has 3 rings (SSSR count). The van der Waals surface area contributed by atoms with E-state index in [1.54, 1.807) is 18.6 Å². The zero-order valence-electron chi connectivity index (χ0n) is 11.7. The second kappa shape index (κ2) is 6.28. The van der Waals surface area contributed by atoms with Crippen molar-refractivity contribution >= 4 is 5.91 Å². The van der Waals surface area contributed by atoms with Gasteiger partial charge in [-0.3, -0.25) is 19.7 Å². The summed E-state index contributed by atoms with van der Waals surface area (Å²) >= 11 is 0. The maximum Gasteiger partial charge on any atom is 0.228 e. The minimum absolute atomic E-state index is 0.162. The number of nitrogens with one attached hydrogen (secondary N) is 1. The monoisotopic (exact) mass is 275 g/mol. The second-order valence-corrected chi connectivity index (χ2v) is 5.44. The Kier molecular flexibility index (Phi) is 4.22. The summed E-state index contributed by atoms with van der Waals surface area (Å²) in [5, 5.41) is 3.40. The highest BCUT2D eigenvalue weighted by Gasteiger charge is 2.27. The van der Waals surface area contributed by atoms with Crippen LogP contribution in [0.4, 0.5) is 0 Å². The third-order valence-electron chi connectivity index (χ3n) is 4.17. The van der Waals surface area contributed by atoms with Crippen LogP contribution >= 0.6 is 0 Å². The predicted octanol–water partition coefficient (Wildman–Crippen LogP) is -0.475. The largest absolute Gasteiger partial charge is 0.340 e. The van der Waals surface area contributed by atoms with E-state index in [9.17, 15) is 4.79 Å². The molecule has 1 atom stereocenters. The SMILES string of the molecule is O=C(Cc1cnccn1)N1CCN([C@@H]2CCNC2)CC1. The van der Waals surface area contributed by atoms with Crippen LogP contribution in [0, 0.1) is 0 Å². The Morgan fingerprint density at radius 3 is 2.80 bits per heavy atom. The van der Waals surface area contributed by atoms with Crippen molar-refractivity contribution in [1.82, 2.24) is 25.1 Å². The van der Waals surface area contributed by atoms with Gasteiger partial charge < -0.3 is 10.2 Å². The summed E-state index contributed by atoms with van der Waals surface area (Å²) < 4.78 is 0. The summed E-state index contributed by atoms with van der Waals surface area (Å²) in [5.41, 5.74) is 0.750. The van der Waals surface area contributed by atoms with Crippen LogP contribution in [0.15, 0.2) is 18.6 Å². The third-order valence-corrected chi connectivity index (χ3v) is 4.17. The van der Waals surface area contributed by atoms with E-state index < -0.39 is 0 Å². The summed E-state index contributed by atoms with van der Waals surface area (Å²) in [6.45, 7) is 5.84. The van der Waals surface area contributed by atoms with E-state index in [1.807, 2.05) is 4.90 Å². The van der Waals surface area contributed by atoms with E-state index in [1.165, 1.54) is 6.42 Å². The number of hydrogen-bond acceptors (Lipinski definition) is 5. The molecule has 1 aromatic rings. The van der Waals surface area contributed by atoms with Crippen LogP contribution in [0.1, 0.15) is 12.1 Å². The topological polar surface area (TPSA) is 61.4 Å². The normalized spacial score (nSPS) is 24.0. The van der Waals surface area contributed by atoms with E-state index >= 15 is 0 Å². The van der Waals surface area contributed by atoms with Crippen LogP contribution in [0.25, 0.3) is 0 Å². The third kappa shape index (κ3) is 3.13. The predicted molar refractivity (Wildman–Crippen MR) is 75.2 cm³/mol. The molecule has 1 N–H and O–H groups in total. The Morgan fingerprint density at radius 2 is 2.15 bits per heavy atom. The van der Waals surface area contributed by atoms with Crippen LogP contribution in [0.3, 0.4) is 0 Å². The minimum Gasteiger partial charge on any atom is -0.340 e. The van der Waals surface area contributed by atoms with Gasteiger partial charge in [-0.25, -0.2) is 0 Å². The van der Waals surface area contributed by atoms with E-state index in [2.05, 4.69) is 20.2 Å². The van der Waals surface area contributed by atoms with Crippen LogP contribution in [-0.2, 0) is 11.2 Å². The lowest BCUT2D eigenvalue weighted by molar-refractivity contribution is -0.132. The van der Waals surface area contributed by atoms with Crippen LogP contribution in [0.2, 0.25) is 0 Å². The fraction of sp³-hybridized carbons (Fsp3) is 0.643. The Morgan fingerprint density at radius 1 is 1.30 bits per heavy atom. The Bertz CT molecular complexity index is 438. The summed E-state index contributed by atoms with van der Waals surface area (Å²) in [4.78, 5) is 24.8. The number of rotatable bonds is 3. The van der Waals surface area contributed by atoms with E-state index in [4.69, 9.17) is 0 Å². The van der Waals surface area contributed by atoms with Crippen molar-refractivity contribution < 1.29 is 4.79 Å². The average Bonchev–Trinajstić information content (AvgIpc) is 3.03. The molecule has 0 aromatic carbocycles. The maximum absolute atomic E-state index is 12.2. The number of carbonyl (C=O) groups excluding carboxylic acids is 1. The van der Waals surface area contributed by atoms with E-state index in [0.717, 1.165) is 45.0 Å². The molecule has 108 valence electrons. The maximum atomic E-state index is 12.2. The van der Waals surface area contributed by atoms with Crippen molar-refractivity contribution in [1.29, 1.82) is 0 Å². The summed E-state index contributed by atoms with van der Waals surface area (Å²) in [7, 11) is 0. The van der Waals surface area contributed by atoms with Crippen molar-refractivity contribution in [2.75, 3.05) is 39.3 Å². The van der Waals surface area contributed by atoms with Crippen molar-refractivity contribution in [2.24, 2.45) is 0 Å². The van der Waals surface area contributed by atoms with E-state index in [-0.39, 0.29) is 5.91 Å². The Hall–Kier alpha value is -1.53. The zero-order chi connectivity index (χ0) is 13.8. The van der Waals surface area contributed by atoms with Gasteiger partial charge in [0.1, 0.15) is 0 Å². The fourth-order valence-corrected chi connectivity index (χ4v) is 2.98. The van der Waals surface area contributed by atoms with Crippen molar-refractivity contribution in [3.63, 3.8) is 0 Å². The first-order valence-electron chi connectivity index (χ1n) is 7.30. The molecule has 0 spiro atoms. The molecule has 2 fully saturated rings. The Balaban J connectivity index is 1.49. The molecule has 0 radical (unpaired) electrons. The van der Waals surface area contributed by atoms with Crippen molar-refractivity contribution in [2.45, 2.75) is 18.9 Å². The van der Waals surface area contributed by atoms with Gasteiger partial charge in [0.15, 0.2) is 0 Å². The first-order valence-corrected chi connectivity index (χ1v) is 7.30. The van der Waals surface area contributed by atoms with Crippen molar-refractivity contribution in [3.8, 4) is 0 Å². The molecule has 0 saturated carbocycles. The highest BCUT2D eigenvalue weighted by atomic mass is 16.2. The first kappa shape index (κ1) is 13.5. The molecule has 1 aromatic heterocycles. The smallest absolute Gasteiger partial charge is 0.228 e. The molecule has 2 aliphatic rings. The van der Waals surface area contributed by atoms with Gasteiger partial charge in [0.05, 0.1) is 12.1 Å². The number of carbonyl (C=O) groups is 1. The molecular formula is C14H21N5O. The number of amides is 1. The van der Waals surface area contributed by atoms with Gasteiger partial charge in [-0.15, -0.1) is 0 Å². The molecular weight excluding hydrogens is 254 g/mol. The van der Waals surface area contributed by atoms with Gasteiger partial charge in [-0.05, 0) is 13.0 Å². The van der Waals surface area contributed by atoms with Crippen LogP contribution in [-0.4, -0.2) is 71.0 Å². The number of nitrogens with zero attached hydrogens (tertiary/aromatic N) is 4.